The molecule has 71 heavy (non-hydrogen) atoms. The van der Waals surface area contributed by atoms with Crippen LogP contribution < -0.4 is 14.5 Å². The first kappa shape index (κ1) is 45.7. The van der Waals surface area contributed by atoms with E-state index in [2.05, 4.69) is 221 Å². The van der Waals surface area contributed by atoms with Gasteiger partial charge in [-0.2, -0.15) is 12.1 Å². The standard InChI is InChI=1S/C65H65N4O.Pt/c1-42-32-60(66-40-56(42)44-22-17-23-45(33-44)62(2,3)4)69-58-37-46(63(5,6)7)28-30-54(58)55-31-29-52(39-59(55)69)70-51-25-18-24-49(38-51)67-41-68(50-35-47(64(8,9)10)34-48(36-50)65(11,12)13)61-53(26-19-27-57(61)67)43-20-15-14-16-21-43;/h14-37,40-41H,1-13H3;/q-3;/i1D3;. The van der Waals surface area contributed by atoms with Gasteiger partial charge in [0.2, 0.25) is 0 Å². The van der Waals surface area contributed by atoms with E-state index in [9.17, 15) is 0 Å². The summed E-state index contributed by atoms with van der Waals surface area (Å²) in [7, 11) is 0. The zero-order chi connectivity index (χ0) is 52.0. The maximum Gasteiger partial charge on any atom is 0.135 e. The second-order valence-electron chi connectivity index (χ2n) is 23.0. The minimum Gasteiger partial charge on any atom is -0.509 e. The molecule has 0 N–H and O–H groups in total. The van der Waals surface area contributed by atoms with Crippen molar-refractivity contribution in [1.82, 2.24) is 9.55 Å². The van der Waals surface area contributed by atoms with Crippen molar-refractivity contribution < 1.29 is 29.9 Å². The van der Waals surface area contributed by atoms with Crippen molar-refractivity contribution in [3.05, 3.63) is 198 Å². The molecular weight excluding hydrogens is 1050 g/mol. The van der Waals surface area contributed by atoms with E-state index in [-0.39, 0.29) is 48.3 Å². The molecule has 6 heteroatoms. The number of rotatable bonds is 7. The van der Waals surface area contributed by atoms with E-state index in [0.717, 1.165) is 72.4 Å². The fourth-order valence-electron chi connectivity index (χ4n) is 9.46. The minimum atomic E-state index is -2.42. The SMILES string of the molecule is [2H]C([2H])([2H])c1cc(-n2c3[c-]c(Oc4[c-]c(N5[CH-]N(c6cc(C(C)(C)C)cc(C(C)(C)C)c6)c6c(-c7ccccc7)cccc65)ccc4)ccc3c3ccc(C(C)(C)C)cc32)ncc1-c1cccc(C(C)(C)C)c1.[Pt]. The van der Waals surface area contributed by atoms with Crippen LogP contribution >= 0.6 is 0 Å². The normalized spacial score (nSPS) is 14.0. The van der Waals surface area contributed by atoms with Gasteiger partial charge >= 0.3 is 0 Å². The smallest absolute Gasteiger partial charge is 0.135 e. The summed E-state index contributed by atoms with van der Waals surface area (Å²) in [6.07, 6.45) is 1.72. The number of aryl methyl sites for hydroxylation is 1. The van der Waals surface area contributed by atoms with Crippen LogP contribution in [0.4, 0.5) is 22.7 Å². The minimum absolute atomic E-state index is 0. The molecule has 7 aromatic carbocycles. The Morgan fingerprint density at radius 2 is 1.17 bits per heavy atom. The van der Waals surface area contributed by atoms with Crippen molar-refractivity contribution in [3.8, 4) is 39.6 Å². The molecule has 5 nitrogen and oxygen atoms in total. The number of hydrogen-bond acceptors (Lipinski definition) is 4. The van der Waals surface area contributed by atoms with Gasteiger partial charge in [-0.25, -0.2) is 4.98 Å². The monoisotopic (exact) mass is 1120 g/mol. The number of para-hydroxylation sites is 1. The van der Waals surface area contributed by atoms with Gasteiger partial charge in [-0.1, -0.05) is 174 Å². The first-order valence-corrected chi connectivity index (χ1v) is 24.4. The fourth-order valence-corrected chi connectivity index (χ4v) is 9.46. The van der Waals surface area contributed by atoms with Crippen molar-refractivity contribution >= 4 is 44.6 Å². The molecule has 2 aromatic heterocycles. The number of pyridine rings is 1. The molecule has 0 spiro atoms. The summed E-state index contributed by atoms with van der Waals surface area (Å²) in [5.74, 6) is 1.49. The van der Waals surface area contributed by atoms with Gasteiger partial charge in [-0.05, 0) is 103 Å². The van der Waals surface area contributed by atoms with Gasteiger partial charge in [0.15, 0.2) is 0 Å². The maximum absolute atomic E-state index is 8.81. The molecule has 0 fully saturated rings. The molecule has 1 aliphatic heterocycles. The molecule has 0 saturated heterocycles. The summed E-state index contributed by atoms with van der Waals surface area (Å²) >= 11 is 0. The molecule has 9 aromatic rings. The Morgan fingerprint density at radius 1 is 0.535 bits per heavy atom. The van der Waals surface area contributed by atoms with E-state index >= 15 is 0 Å². The predicted octanol–water partition coefficient (Wildman–Crippen LogP) is 17.8. The van der Waals surface area contributed by atoms with Crippen LogP contribution in [0.15, 0.2) is 152 Å². The van der Waals surface area contributed by atoms with Gasteiger partial charge in [0, 0.05) is 76.6 Å². The zero-order valence-electron chi connectivity index (χ0n) is 46.0. The van der Waals surface area contributed by atoms with Crippen molar-refractivity contribution in [1.29, 1.82) is 0 Å². The molecule has 0 unspecified atom stereocenters. The molecule has 3 heterocycles. The molecular formula is C65H65N4OPt-3. The van der Waals surface area contributed by atoms with Gasteiger partial charge < -0.3 is 19.1 Å². The quantitative estimate of drug-likeness (QED) is 0.149. The maximum atomic E-state index is 8.81. The van der Waals surface area contributed by atoms with Gasteiger partial charge in [0.05, 0.1) is 0 Å². The van der Waals surface area contributed by atoms with E-state index in [4.69, 9.17) is 13.8 Å². The van der Waals surface area contributed by atoms with Gasteiger partial charge in [0.1, 0.15) is 5.82 Å². The summed E-state index contributed by atoms with van der Waals surface area (Å²) in [6.45, 7) is 26.5. The Labute approximate surface area is 441 Å². The average molecular weight is 1120 g/mol. The van der Waals surface area contributed by atoms with Gasteiger partial charge in [-0.15, -0.1) is 48.1 Å². The second-order valence-corrected chi connectivity index (χ2v) is 23.0. The molecule has 1 aliphatic rings. The molecule has 0 bridgehead atoms. The number of nitrogens with zero attached hydrogens (tertiary/aromatic N) is 4. The van der Waals surface area contributed by atoms with Crippen LogP contribution in [-0.2, 0) is 42.7 Å². The molecule has 0 amide bonds. The fraction of sp³-hybridized carbons (Fsp3) is 0.262. The third-order valence-corrected chi connectivity index (χ3v) is 13.7. The van der Waals surface area contributed by atoms with Crippen molar-refractivity contribution in [2.24, 2.45) is 0 Å². The van der Waals surface area contributed by atoms with Crippen molar-refractivity contribution in [3.63, 3.8) is 0 Å². The third-order valence-electron chi connectivity index (χ3n) is 13.7. The third kappa shape index (κ3) is 9.59. The van der Waals surface area contributed by atoms with Crippen LogP contribution in [-0.4, -0.2) is 9.55 Å². The zero-order valence-corrected chi connectivity index (χ0v) is 45.3. The first-order valence-electron chi connectivity index (χ1n) is 25.9. The predicted molar refractivity (Wildman–Crippen MR) is 295 cm³/mol. The number of fused-ring (bicyclic) bond motifs is 4. The van der Waals surface area contributed by atoms with Crippen LogP contribution in [0, 0.1) is 25.7 Å². The van der Waals surface area contributed by atoms with Crippen LogP contribution in [0.3, 0.4) is 0 Å². The Hall–Kier alpha value is -6.42. The van der Waals surface area contributed by atoms with E-state index in [0.29, 0.717) is 22.9 Å². The second kappa shape index (κ2) is 18.3. The average Bonchev–Trinajstić information content (AvgIpc) is 3.89. The van der Waals surface area contributed by atoms with Gasteiger partial charge in [-0.3, -0.25) is 0 Å². The number of anilines is 4. The summed E-state index contributed by atoms with van der Waals surface area (Å²) in [5, 5.41) is 1.95. The summed E-state index contributed by atoms with van der Waals surface area (Å²) in [6, 6.07) is 57.7. The summed E-state index contributed by atoms with van der Waals surface area (Å²) < 4.78 is 35.2. The Balaban J connectivity index is 0.00000672. The topological polar surface area (TPSA) is 33.5 Å². The van der Waals surface area contributed by atoms with Crippen molar-refractivity contribution in [2.75, 3.05) is 9.80 Å². The van der Waals surface area contributed by atoms with Crippen LogP contribution in [0.2, 0.25) is 0 Å². The Bertz CT molecular complexity index is 3540. The number of hydrogen-bond donors (Lipinski definition) is 0. The molecule has 0 atom stereocenters. The number of aromatic nitrogens is 2. The number of benzene rings is 7. The van der Waals surface area contributed by atoms with Crippen molar-refractivity contribution in [2.45, 2.75) is 112 Å². The molecule has 0 aliphatic carbocycles. The Morgan fingerprint density at radius 3 is 1.86 bits per heavy atom. The van der Waals surface area contributed by atoms with Crippen LogP contribution in [0.5, 0.6) is 11.5 Å². The van der Waals surface area contributed by atoms with E-state index < -0.39 is 6.85 Å². The molecule has 0 saturated carbocycles. The van der Waals surface area contributed by atoms with Gasteiger partial charge in [0.25, 0.3) is 0 Å². The van der Waals surface area contributed by atoms with E-state index in [1.807, 2.05) is 34.9 Å². The Kier molecular flexibility index (Phi) is 11.8. The molecule has 0 radical (unpaired) electrons. The van der Waals surface area contributed by atoms with E-state index in [1.54, 1.807) is 12.3 Å². The van der Waals surface area contributed by atoms with Crippen LogP contribution in [0.25, 0.3) is 49.9 Å². The van der Waals surface area contributed by atoms with Crippen LogP contribution in [0.1, 0.15) is 115 Å². The molecule has 364 valence electrons. The number of ether oxygens (including phenoxy) is 1. The first-order chi connectivity index (χ1) is 34.3. The summed E-state index contributed by atoms with van der Waals surface area (Å²) in [5.41, 5.74) is 13.9. The summed E-state index contributed by atoms with van der Waals surface area (Å²) in [4.78, 5) is 9.59. The largest absolute Gasteiger partial charge is 0.509 e. The molecule has 10 rings (SSSR count). The van der Waals surface area contributed by atoms with E-state index in [1.165, 1.54) is 11.1 Å².